The Hall–Kier alpha value is -1.16. The standard InChI is InChI=1S/C14H21O5P/c1-4-14(5-2,12-10-8-7-9-11-12)13(15)19-20(16,17)18-6-3/h7-11H,4-6H2,1-3H3,(H,16,17). The van der Waals surface area contributed by atoms with Gasteiger partial charge in [-0.25, -0.2) is 4.57 Å². The summed E-state index contributed by atoms with van der Waals surface area (Å²) in [4.78, 5) is 21.9. The maximum atomic E-state index is 12.4. The lowest BCUT2D eigenvalue weighted by Gasteiger charge is -2.30. The van der Waals surface area contributed by atoms with Crippen molar-refractivity contribution in [2.45, 2.75) is 39.0 Å². The molecular weight excluding hydrogens is 279 g/mol. The normalized spacial score (nSPS) is 14.6. The van der Waals surface area contributed by atoms with E-state index in [9.17, 15) is 14.3 Å². The van der Waals surface area contributed by atoms with Crippen molar-refractivity contribution >= 4 is 13.8 Å². The van der Waals surface area contributed by atoms with Crippen molar-refractivity contribution in [1.82, 2.24) is 0 Å². The molecule has 112 valence electrons. The van der Waals surface area contributed by atoms with E-state index in [4.69, 9.17) is 4.52 Å². The lowest BCUT2D eigenvalue weighted by Crippen LogP contribution is -2.36. The van der Waals surface area contributed by atoms with Crippen LogP contribution in [0.3, 0.4) is 0 Å². The molecule has 1 aromatic rings. The van der Waals surface area contributed by atoms with E-state index in [0.29, 0.717) is 12.8 Å². The second-order valence-corrected chi connectivity index (χ2v) is 5.80. The van der Waals surface area contributed by atoms with E-state index in [1.165, 1.54) is 0 Å². The van der Waals surface area contributed by atoms with Crippen molar-refractivity contribution in [3.05, 3.63) is 35.9 Å². The summed E-state index contributed by atoms with van der Waals surface area (Å²) in [6, 6.07) is 9.13. The average Bonchev–Trinajstić information content (AvgIpc) is 2.41. The van der Waals surface area contributed by atoms with Crippen LogP contribution in [0, 0.1) is 0 Å². The number of carbonyl (C=O) groups excluding carboxylic acids is 1. The number of phosphoric acid groups is 1. The Kier molecular flexibility index (Phi) is 5.93. The van der Waals surface area contributed by atoms with Crippen LogP contribution < -0.4 is 0 Å². The molecule has 1 aromatic carbocycles. The fourth-order valence-electron chi connectivity index (χ4n) is 2.20. The molecule has 0 aromatic heterocycles. The van der Waals surface area contributed by atoms with Crippen LogP contribution >= 0.6 is 7.82 Å². The van der Waals surface area contributed by atoms with E-state index in [-0.39, 0.29) is 6.61 Å². The van der Waals surface area contributed by atoms with Gasteiger partial charge in [0.15, 0.2) is 0 Å². The summed E-state index contributed by atoms with van der Waals surface area (Å²) in [7, 11) is -4.34. The van der Waals surface area contributed by atoms with Crippen LogP contribution in [0.5, 0.6) is 0 Å². The largest absolute Gasteiger partial charge is 0.529 e. The van der Waals surface area contributed by atoms with Crippen LogP contribution in [0.4, 0.5) is 0 Å². The maximum Gasteiger partial charge on any atom is 0.529 e. The highest BCUT2D eigenvalue weighted by Crippen LogP contribution is 2.46. The summed E-state index contributed by atoms with van der Waals surface area (Å²) in [6.45, 7) is 5.25. The Balaban J connectivity index is 3.08. The van der Waals surface area contributed by atoms with Gasteiger partial charge >= 0.3 is 13.8 Å². The minimum absolute atomic E-state index is 0.00234. The van der Waals surface area contributed by atoms with Crippen LogP contribution in [0.2, 0.25) is 0 Å². The highest BCUT2D eigenvalue weighted by molar-refractivity contribution is 7.48. The zero-order chi connectivity index (χ0) is 15.2. The highest BCUT2D eigenvalue weighted by atomic mass is 31.2. The third kappa shape index (κ3) is 3.69. The quantitative estimate of drug-likeness (QED) is 0.781. The van der Waals surface area contributed by atoms with Gasteiger partial charge in [0, 0.05) is 0 Å². The van der Waals surface area contributed by atoms with Crippen molar-refractivity contribution < 1.29 is 23.3 Å². The minimum atomic E-state index is -4.34. The van der Waals surface area contributed by atoms with Crippen LogP contribution in [0.15, 0.2) is 30.3 Å². The van der Waals surface area contributed by atoms with Gasteiger partial charge in [0.1, 0.15) is 0 Å². The molecule has 20 heavy (non-hydrogen) atoms. The number of phosphoric ester groups is 1. The van der Waals surface area contributed by atoms with Crippen LogP contribution in [-0.2, 0) is 23.8 Å². The SMILES string of the molecule is CCOP(=O)(O)OC(=O)C(CC)(CC)c1ccccc1. The predicted molar refractivity (Wildman–Crippen MR) is 76.2 cm³/mol. The van der Waals surface area contributed by atoms with Crippen LogP contribution in [0.25, 0.3) is 0 Å². The first kappa shape index (κ1) is 16.9. The van der Waals surface area contributed by atoms with Gasteiger partial charge in [-0.1, -0.05) is 44.2 Å². The molecule has 1 N–H and O–H groups in total. The van der Waals surface area contributed by atoms with Crippen molar-refractivity contribution in [2.24, 2.45) is 0 Å². The van der Waals surface area contributed by atoms with Crippen molar-refractivity contribution in [3.8, 4) is 0 Å². The molecule has 6 heteroatoms. The molecule has 1 rings (SSSR count). The number of carbonyl (C=O) groups is 1. The van der Waals surface area contributed by atoms with E-state index in [2.05, 4.69) is 4.52 Å². The topological polar surface area (TPSA) is 72.8 Å². The number of hydrogen-bond acceptors (Lipinski definition) is 4. The van der Waals surface area contributed by atoms with Gasteiger partial charge in [0.05, 0.1) is 12.0 Å². The molecule has 0 bridgehead atoms. The van der Waals surface area contributed by atoms with Crippen molar-refractivity contribution in [2.75, 3.05) is 6.61 Å². The summed E-state index contributed by atoms with van der Waals surface area (Å²) in [6.07, 6.45) is 0.941. The molecule has 5 nitrogen and oxygen atoms in total. The fraction of sp³-hybridized carbons (Fsp3) is 0.500. The summed E-state index contributed by atoms with van der Waals surface area (Å²) >= 11 is 0. The van der Waals surface area contributed by atoms with E-state index < -0.39 is 19.2 Å². The molecule has 0 saturated heterocycles. The van der Waals surface area contributed by atoms with Crippen LogP contribution in [-0.4, -0.2) is 17.5 Å². The van der Waals surface area contributed by atoms with Gasteiger partial charge in [-0.2, -0.15) is 0 Å². The maximum absolute atomic E-state index is 12.4. The fourth-order valence-corrected chi connectivity index (χ4v) is 2.97. The van der Waals surface area contributed by atoms with E-state index in [1.807, 2.05) is 44.2 Å². The molecule has 0 spiro atoms. The lowest BCUT2D eigenvalue weighted by atomic mass is 9.76. The smallest absolute Gasteiger partial charge is 0.370 e. The number of hydrogen-bond donors (Lipinski definition) is 1. The predicted octanol–water partition coefficient (Wildman–Crippen LogP) is 3.42. The summed E-state index contributed by atoms with van der Waals surface area (Å²) < 4.78 is 20.9. The molecule has 1 atom stereocenters. The first-order valence-electron chi connectivity index (χ1n) is 6.68. The molecule has 0 aliphatic carbocycles. The second-order valence-electron chi connectivity index (χ2n) is 4.42. The monoisotopic (exact) mass is 300 g/mol. The van der Waals surface area contributed by atoms with Crippen molar-refractivity contribution in [1.29, 1.82) is 0 Å². The minimum Gasteiger partial charge on any atom is -0.370 e. The first-order chi connectivity index (χ1) is 9.41. The van der Waals surface area contributed by atoms with Gasteiger partial charge in [0.2, 0.25) is 0 Å². The Bertz CT molecular complexity index is 482. The zero-order valence-electron chi connectivity index (χ0n) is 12.0. The third-order valence-corrected chi connectivity index (χ3v) is 4.40. The van der Waals surface area contributed by atoms with Gasteiger partial charge < -0.3 is 4.52 Å². The Morgan fingerprint density at radius 3 is 2.20 bits per heavy atom. The highest BCUT2D eigenvalue weighted by Gasteiger charge is 2.42. The molecule has 0 saturated carbocycles. The molecule has 0 radical (unpaired) electrons. The average molecular weight is 300 g/mol. The van der Waals surface area contributed by atoms with Gasteiger partial charge in [0.25, 0.3) is 0 Å². The second kappa shape index (κ2) is 7.02. The summed E-state index contributed by atoms with van der Waals surface area (Å²) in [5, 5.41) is 0. The molecule has 0 heterocycles. The van der Waals surface area contributed by atoms with Crippen LogP contribution in [0.1, 0.15) is 39.2 Å². The van der Waals surface area contributed by atoms with E-state index in [0.717, 1.165) is 5.56 Å². The Morgan fingerprint density at radius 2 is 1.75 bits per heavy atom. The van der Waals surface area contributed by atoms with Gasteiger partial charge in [-0.15, -0.1) is 0 Å². The van der Waals surface area contributed by atoms with E-state index >= 15 is 0 Å². The molecule has 1 unspecified atom stereocenters. The zero-order valence-corrected chi connectivity index (χ0v) is 12.9. The molecule has 0 fully saturated rings. The number of rotatable bonds is 7. The summed E-state index contributed by atoms with van der Waals surface area (Å²) in [5.74, 6) is -0.729. The first-order valence-corrected chi connectivity index (χ1v) is 8.18. The Labute approximate surface area is 119 Å². The molecule has 0 amide bonds. The summed E-state index contributed by atoms with van der Waals surface area (Å²) in [5.41, 5.74) is -0.164. The molecular formula is C14H21O5P. The van der Waals surface area contributed by atoms with Gasteiger partial charge in [-0.05, 0) is 25.3 Å². The third-order valence-electron chi connectivity index (χ3n) is 3.41. The van der Waals surface area contributed by atoms with Gasteiger partial charge in [-0.3, -0.25) is 14.2 Å². The van der Waals surface area contributed by atoms with Crippen molar-refractivity contribution in [3.63, 3.8) is 0 Å². The molecule has 0 aliphatic heterocycles. The number of benzene rings is 1. The van der Waals surface area contributed by atoms with E-state index in [1.54, 1.807) is 6.92 Å². The Morgan fingerprint density at radius 1 is 1.20 bits per heavy atom. The lowest BCUT2D eigenvalue weighted by molar-refractivity contribution is -0.143. The molecule has 0 aliphatic rings.